The zero-order valence-corrected chi connectivity index (χ0v) is 14.5. The number of amides is 1. The van der Waals surface area contributed by atoms with E-state index in [1.54, 1.807) is 20.8 Å². The molecule has 25 heavy (non-hydrogen) atoms. The highest BCUT2D eigenvalue weighted by molar-refractivity contribution is 5.85. The van der Waals surface area contributed by atoms with E-state index in [2.05, 4.69) is 10.6 Å². The van der Waals surface area contributed by atoms with Crippen molar-refractivity contribution < 1.29 is 27.4 Å². The van der Waals surface area contributed by atoms with Crippen molar-refractivity contribution >= 4 is 11.8 Å². The molecule has 1 amide bonds. The van der Waals surface area contributed by atoms with Crippen LogP contribution in [0, 0.1) is 0 Å². The van der Waals surface area contributed by atoms with Crippen molar-refractivity contribution in [1.29, 1.82) is 0 Å². The van der Waals surface area contributed by atoms with Gasteiger partial charge in [-0.2, -0.15) is 13.2 Å². The highest BCUT2D eigenvalue weighted by atomic mass is 19.4. The molecule has 1 aromatic rings. The van der Waals surface area contributed by atoms with Gasteiger partial charge in [0.2, 0.25) is 0 Å². The molecule has 0 spiro atoms. The van der Waals surface area contributed by atoms with E-state index in [1.807, 2.05) is 0 Å². The van der Waals surface area contributed by atoms with Gasteiger partial charge in [0.1, 0.15) is 17.5 Å². The fourth-order valence-electron chi connectivity index (χ4n) is 2.43. The normalized spacial score (nSPS) is 16.4. The molecule has 0 aliphatic carbocycles. The Hall–Kier alpha value is -1.96. The molecule has 0 unspecified atom stereocenters. The van der Waals surface area contributed by atoms with Gasteiger partial charge in [-0.3, -0.25) is 5.32 Å². The number of piperidine rings is 1. The second-order valence-electron chi connectivity index (χ2n) is 6.94. The monoisotopic (exact) mass is 360 g/mol. The van der Waals surface area contributed by atoms with Gasteiger partial charge in [0, 0.05) is 11.8 Å². The third-order valence-corrected chi connectivity index (χ3v) is 3.47. The molecule has 140 valence electrons. The van der Waals surface area contributed by atoms with E-state index in [1.165, 1.54) is 6.07 Å². The van der Waals surface area contributed by atoms with Crippen LogP contribution in [0.3, 0.4) is 0 Å². The van der Waals surface area contributed by atoms with Crippen molar-refractivity contribution in [1.82, 2.24) is 5.32 Å². The summed E-state index contributed by atoms with van der Waals surface area (Å²) in [5.74, 6) is 0.0767. The zero-order valence-electron chi connectivity index (χ0n) is 14.5. The number of ether oxygens (including phenoxy) is 2. The molecule has 0 aromatic heterocycles. The molecule has 0 radical (unpaired) electrons. The van der Waals surface area contributed by atoms with Gasteiger partial charge in [-0.15, -0.1) is 0 Å². The highest BCUT2D eigenvalue weighted by Gasteiger charge is 2.32. The van der Waals surface area contributed by atoms with Crippen molar-refractivity contribution in [2.45, 2.75) is 51.5 Å². The van der Waals surface area contributed by atoms with Gasteiger partial charge in [-0.1, -0.05) is 0 Å². The van der Waals surface area contributed by atoms with Crippen LogP contribution in [0.1, 0.15) is 39.2 Å². The van der Waals surface area contributed by atoms with Crippen LogP contribution in [0.15, 0.2) is 18.2 Å². The van der Waals surface area contributed by atoms with Crippen molar-refractivity contribution in [2.24, 2.45) is 0 Å². The predicted molar refractivity (Wildman–Crippen MR) is 87.8 cm³/mol. The SMILES string of the molecule is CC(C)(C)OC(=O)Nc1cc(OC2CCNCC2)cc(C(F)(F)F)c1. The molecular weight excluding hydrogens is 337 g/mol. The molecule has 1 aliphatic heterocycles. The molecule has 0 saturated carbocycles. The first-order valence-electron chi connectivity index (χ1n) is 8.12. The molecule has 0 atom stereocenters. The van der Waals surface area contributed by atoms with Crippen LogP contribution in [0.4, 0.5) is 23.7 Å². The second-order valence-corrected chi connectivity index (χ2v) is 6.94. The van der Waals surface area contributed by atoms with Crippen LogP contribution in [0.25, 0.3) is 0 Å². The summed E-state index contributed by atoms with van der Waals surface area (Å²) in [7, 11) is 0. The Kier molecular flexibility index (Phi) is 5.82. The van der Waals surface area contributed by atoms with E-state index < -0.39 is 23.4 Å². The van der Waals surface area contributed by atoms with E-state index in [4.69, 9.17) is 9.47 Å². The Labute approximate surface area is 144 Å². The molecule has 1 fully saturated rings. The standard InChI is InChI=1S/C17H23F3N2O3/c1-16(2,3)25-15(23)22-12-8-11(17(18,19)20)9-14(10-12)24-13-4-6-21-7-5-13/h8-10,13,21H,4-7H2,1-3H3,(H,22,23). The number of benzene rings is 1. The number of carbonyl (C=O) groups is 1. The average Bonchev–Trinajstić information content (AvgIpc) is 2.45. The number of anilines is 1. The maximum atomic E-state index is 13.1. The molecule has 1 heterocycles. The van der Waals surface area contributed by atoms with Crippen molar-refractivity contribution in [3.63, 3.8) is 0 Å². The molecule has 1 aliphatic rings. The first-order valence-corrected chi connectivity index (χ1v) is 8.12. The van der Waals surface area contributed by atoms with E-state index in [9.17, 15) is 18.0 Å². The number of alkyl halides is 3. The zero-order chi connectivity index (χ0) is 18.7. The lowest BCUT2D eigenvalue weighted by Crippen LogP contribution is -2.34. The average molecular weight is 360 g/mol. The smallest absolute Gasteiger partial charge is 0.416 e. The van der Waals surface area contributed by atoms with Crippen LogP contribution < -0.4 is 15.4 Å². The van der Waals surface area contributed by atoms with Gasteiger partial charge in [0.05, 0.1) is 5.56 Å². The molecule has 1 saturated heterocycles. The van der Waals surface area contributed by atoms with E-state index in [-0.39, 0.29) is 17.5 Å². The topological polar surface area (TPSA) is 59.6 Å². The number of hydrogen-bond donors (Lipinski definition) is 2. The molecule has 1 aromatic carbocycles. The molecule has 2 N–H and O–H groups in total. The third kappa shape index (κ3) is 6.45. The minimum atomic E-state index is -4.54. The van der Waals surface area contributed by atoms with Crippen LogP contribution in [0.5, 0.6) is 5.75 Å². The largest absolute Gasteiger partial charge is 0.490 e. The maximum absolute atomic E-state index is 13.1. The van der Waals surface area contributed by atoms with Gasteiger partial charge < -0.3 is 14.8 Å². The van der Waals surface area contributed by atoms with Crippen LogP contribution in [-0.4, -0.2) is 30.9 Å². The maximum Gasteiger partial charge on any atom is 0.416 e. The summed E-state index contributed by atoms with van der Waals surface area (Å²) in [5.41, 5.74) is -1.65. The van der Waals surface area contributed by atoms with Gasteiger partial charge in [-0.05, 0) is 58.8 Å². The Morgan fingerprint density at radius 3 is 2.36 bits per heavy atom. The van der Waals surface area contributed by atoms with E-state index in [0.29, 0.717) is 12.8 Å². The van der Waals surface area contributed by atoms with Crippen LogP contribution in [0.2, 0.25) is 0 Å². The van der Waals surface area contributed by atoms with E-state index >= 15 is 0 Å². The van der Waals surface area contributed by atoms with Gasteiger partial charge in [-0.25, -0.2) is 4.79 Å². The lowest BCUT2D eigenvalue weighted by molar-refractivity contribution is -0.137. The Balaban J connectivity index is 2.19. The van der Waals surface area contributed by atoms with Crippen molar-refractivity contribution in [3.8, 4) is 5.75 Å². The number of hydrogen-bond acceptors (Lipinski definition) is 4. The molecule has 0 bridgehead atoms. The Morgan fingerprint density at radius 2 is 1.80 bits per heavy atom. The molecule has 8 heteroatoms. The quantitative estimate of drug-likeness (QED) is 0.849. The molecule has 5 nitrogen and oxygen atoms in total. The number of rotatable bonds is 3. The van der Waals surface area contributed by atoms with Gasteiger partial charge in [0.25, 0.3) is 0 Å². The summed E-state index contributed by atoms with van der Waals surface area (Å²) in [5, 5.41) is 5.50. The van der Waals surface area contributed by atoms with Crippen LogP contribution in [-0.2, 0) is 10.9 Å². The first kappa shape index (κ1) is 19.4. The minimum absolute atomic E-state index is 0.0204. The summed E-state index contributed by atoms with van der Waals surface area (Å²) in [6.45, 7) is 6.53. The van der Waals surface area contributed by atoms with Crippen molar-refractivity contribution in [3.05, 3.63) is 23.8 Å². The predicted octanol–water partition coefficient (Wildman–Crippen LogP) is 4.18. The van der Waals surface area contributed by atoms with Gasteiger partial charge in [0.15, 0.2) is 0 Å². The van der Waals surface area contributed by atoms with Crippen molar-refractivity contribution in [2.75, 3.05) is 18.4 Å². The fraction of sp³-hybridized carbons (Fsp3) is 0.588. The summed E-state index contributed by atoms with van der Waals surface area (Å²) < 4.78 is 50.1. The van der Waals surface area contributed by atoms with Crippen LogP contribution >= 0.6 is 0 Å². The first-order chi connectivity index (χ1) is 11.5. The third-order valence-electron chi connectivity index (χ3n) is 3.47. The number of carbonyl (C=O) groups excluding carboxylic acids is 1. The minimum Gasteiger partial charge on any atom is -0.490 e. The number of halogens is 3. The molecule has 2 rings (SSSR count). The van der Waals surface area contributed by atoms with E-state index in [0.717, 1.165) is 25.2 Å². The lowest BCUT2D eigenvalue weighted by Gasteiger charge is -2.25. The Bertz CT molecular complexity index is 606. The summed E-state index contributed by atoms with van der Waals surface area (Å²) in [6.07, 6.45) is -4.09. The molecular formula is C17H23F3N2O3. The second kappa shape index (κ2) is 7.51. The highest BCUT2D eigenvalue weighted by Crippen LogP contribution is 2.35. The Morgan fingerprint density at radius 1 is 1.16 bits per heavy atom. The fourth-order valence-corrected chi connectivity index (χ4v) is 2.43. The lowest BCUT2D eigenvalue weighted by atomic mass is 10.1. The summed E-state index contributed by atoms with van der Waals surface area (Å²) >= 11 is 0. The summed E-state index contributed by atoms with van der Waals surface area (Å²) in [6, 6.07) is 3.18. The van der Waals surface area contributed by atoms with Gasteiger partial charge >= 0.3 is 12.3 Å². The summed E-state index contributed by atoms with van der Waals surface area (Å²) in [4.78, 5) is 11.8. The number of nitrogens with one attached hydrogen (secondary N) is 2.